The van der Waals surface area contributed by atoms with Crippen LogP contribution in [-0.2, 0) is 16.6 Å². The third kappa shape index (κ3) is 2.75. The first-order valence-electron chi connectivity index (χ1n) is 6.61. The van der Waals surface area contributed by atoms with Crippen LogP contribution >= 0.6 is 11.6 Å². The van der Waals surface area contributed by atoms with E-state index in [2.05, 4.69) is 0 Å². The van der Waals surface area contributed by atoms with Crippen LogP contribution in [0.4, 0.5) is 0 Å². The maximum atomic E-state index is 11.7. The van der Waals surface area contributed by atoms with E-state index in [0.29, 0.717) is 18.6 Å². The number of rotatable bonds is 7. The van der Waals surface area contributed by atoms with Crippen LogP contribution in [0.1, 0.15) is 30.4 Å². The first-order valence-corrected chi connectivity index (χ1v) is 7.05. The number of carbonyl (C=O) groups is 1. The Morgan fingerprint density at radius 3 is 2.65 bits per heavy atom. The molecule has 0 radical (unpaired) electrons. The summed E-state index contributed by atoms with van der Waals surface area (Å²) in [6.07, 6.45) is 3.78. The minimum atomic E-state index is -0.645. The molecule has 2 rings (SSSR count). The van der Waals surface area contributed by atoms with Crippen molar-refractivity contribution >= 4 is 29.4 Å². The van der Waals surface area contributed by atoms with Crippen LogP contribution in [0.25, 0.3) is 0 Å². The number of aryl methyl sites for hydroxylation is 1. The molecule has 0 aromatic heterocycles. The minimum Gasteiger partial charge on any atom is -0.369 e. The van der Waals surface area contributed by atoms with Crippen LogP contribution in [0.15, 0.2) is 24.3 Å². The SMILES string of the molecule is N=CC(Cl)C(=N)CCc1ccccc1C1(C(N)=O)CC1. The zero-order valence-corrected chi connectivity index (χ0v) is 11.9. The lowest BCUT2D eigenvalue weighted by molar-refractivity contribution is -0.120. The molecule has 5 heteroatoms. The topological polar surface area (TPSA) is 90.8 Å². The van der Waals surface area contributed by atoms with E-state index < -0.39 is 10.8 Å². The van der Waals surface area contributed by atoms with E-state index in [9.17, 15) is 4.79 Å². The quantitative estimate of drug-likeness (QED) is 0.522. The highest BCUT2D eigenvalue weighted by Gasteiger charge is 2.50. The normalized spacial score (nSPS) is 17.2. The maximum absolute atomic E-state index is 11.7. The van der Waals surface area contributed by atoms with Gasteiger partial charge in [0.1, 0.15) is 5.38 Å². The predicted octanol–water partition coefficient (Wildman–Crippen LogP) is 2.41. The molecule has 1 amide bonds. The molecular formula is C15H18ClN3O. The second-order valence-corrected chi connectivity index (χ2v) is 5.67. The summed E-state index contributed by atoms with van der Waals surface area (Å²) < 4.78 is 0. The number of hydrogen-bond donors (Lipinski definition) is 3. The van der Waals surface area contributed by atoms with Gasteiger partial charge in [-0.25, -0.2) is 0 Å². The van der Waals surface area contributed by atoms with Gasteiger partial charge in [0.05, 0.1) is 5.41 Å². The zero-order chi connectivity index (χ0) is 14.8. The Bertz CT molecular complexity index is 552. The van der Waals surface area contributed by atoms with Crippen molar-refractivity contribution in [3.8, 4) is 0 Å². The summed E-state index contributed by atoms with van der Waals surface area (Å²) in [4.78, 5) is 11.7. The molecule has 20 heavy (non-hydrogen) atoms. The van der Waals surface area contributed by atoms with Gasteiger partial charge in [-0.15, -0.1) is 11.6 Å². The monoisotopic (exact) mass is 291 g/mol. The molecule has 0 bridgehead atoms. The van der Waals surface area contributed by atoms with E-state index in [0.717, 1.165) is 30.2 Å². The Kier molecular flexibility index (Phi) is 4.23. The van der Waals surface area contributed by atoms with Crippen molar-refractivity contribution in [1.82, 2.24) is 0 Å². The number of nitrogens with one attached hydrogen (secondary N) is 2. The van der Waals surface area contributed by atoms with Crippen LogP contribution < -0.4 is 5.73 Å². The molecule has 1 atom stereocenters. The number of halogens is 1. The van der Waals surface area contributed by atoms with Crippen LogP contribution in [0.2, 0.25) is 0 Å². The van der Waals surface area contributed by atoms with Crippen molar-refractivity contribution in [1.29, 1.82) is 10.8 Å². The fraction of sp³-hybridized carbons (Fsp3) is 0.400. The Labute approximate surface area is 123 Å². The lowest BCUT2D eigenvalue weighted by Gasteiger charge is -2.17. The van der Waals surface area contributed by atoms with Crippen molar-refractivity contribution < 1.29 is 4.79 Å². The van der Waals surface area contributed by atoms with Gasteiger partial charge in [-0.3, -0.25) is 4.79 Å². The summed E-state index contributed by atoms with van der Waals surface area (Å²) >= 11 is 5.83. The summed E-state index contributed by atoms with van der Waals surface area (Å²) in [5, 5.41) is 14.2. The van der Waals surface area contributed by atoms with E-state index in [1.807, 2.05) is 24.3 Å². The number of nitrogens with two attached hydrogens (primary N) is 1. The molecule has 0 saturated heterocycles. The largest absolute Gasteiger partial charge is 0.369 e. The summed E-state index contributed by atoms with van der Waals surface area (Å²) in [7, 11) is 0. The van der Waals surface area contributed by atoms with E-state index >= 15 is 0 Å². The number of alkyl halides is 1. The summed E-state index contributed by atoms with van der Waals surface area (Å²) in [5.41, 5.74) is 7.38. The Morgan fingerprint density at radius 1 is 1.45 bits per heavy atom. The standard InChI is InChI=1S/C15H18ClN3O/c16-12(9-17)13(18)6-5-10-3-1-2-4-11(10)15(7-8-15)14(19)20/h1-4,9,12,17-18H,5-8H2,(H2,19,20). The molecule has 1 aliphatic carbocycles. The van der Waals surface area contributed by atoms with E-state index in [1.165, 1.54) is 0 Å². The van der Waals surface area contributed by atoms with Gasteiger partial charge in [-0.1, -0.05) is 24.3 Å². The third-order valence-electron chi connectivity index (χ3n) is 3.90. The van der Waals surface area contributed by atoms with Gasteiger partial charge < -0.3 is 16.6 Å². The molecule has 1 aromatic rings. The highest BCUT2D eigenvalue weighted by Crippen LogP contribution is 2.49. The van der Waals surface area contributed by atoms with E-state index in [1.54, 1.807) is 0 Å². The molecule has 1 aromatic carbocycles. The molecular weight excluding hydrogens is 274 g/mol. The molecule has 1 unspecified atom stereocenters. The molecule has 106 valence electrons. The lowest BCUT2D eigenvalue weighted by Crippen LogP contribution is -2.29. The Balaban J connectivity index is 2.16. The zero-order valence-electron chi connectivity index (χ0n) is 11.2. The van der Waals surface area contributed by atoms with Crippen LogP contribution in [0, 0.1) is 10.8 Å². The fourth-order valence-electron chi connectivity index (χ4n) is 2.49. The molecule has 1 fully saturated rings. The smallest absolute Gasteiger partial charge is 0.228 e. The fourth-order valence-corrected chi connectivity index (χ4v) is 2.60. The van der Waals surface area contributed by atoms with Gasteiger partial charge in [0, 0.05) is 11.9 Å². The van der Waals surface area contributed by atoms with Gasteiger partial charge in [-0.2, -0.15) is 0 Å². The molecule has 1 saturated carbocycles. The van der Waals surface area contributed by atoms with Gasteiger partial charge in [0.25, 0.3) is 0 Å². The van der Waals surface area contributed by atoms with Gasteiger partial charge >= 0.3 is 0 Å². The Morgan fingerprint density at radius 2 is 2.10 bits per heavy atom. The first-order chi connectivity index (χ1) is 9.51. The first kappa shape index (κ1) is 14.7. The van der Waals surface area contributed by atoms with Crippen LogP contribution in [-0.4, -0.2) is 23.2 Å². The molecule has 4 N–H and O–H groups in total. The number of amides is 1. The van der Waals surface area contributed by atoms with Gasteiger partial charge in [0.15, 0.2) is 0 Å². The second kappa shape index (κ2) is 5.75. The number of primary amides is 1. The number of benzene rings is 1. The van der Waals surface area contributed by atoms with E-state index in [4.69, 9.17) is 28.2 Å². The average molecular weight is 292 g/mol. The maximum Gasteiger partial charge on any atom is 0.228 e. The van der Waals surface area contributed by atoms with Gasteiger partial charge in [0.2, 0.25) is 5.91 Å². The average Bonchev–Trinajstić information content (AvgIpc) is 3.25. The lowest BCUT2D eigenvalue weighted by atomic mass is 9.88. The molecule has 4 nitrogen and oxygen atoms in total. The Hall–Kier alpha value is -1.68. The highest BCUT2D eigenvalue weighted by atomic mass is 35.5. The van der Waals surface area contributed by atoms with Crippen molar-refractivity contribution in [2.24, 2.45) is 5.73 Å². The summed E-state index contributed by atoms with van der Waals surface area (Å²) in [6, 6.07) is 7.76. The van der Waals surface area contributed by atoms with Crippen LogP contribution in [0.3, 0.4) is 0 Å². The minimum absolute atomic E-state index is 0.269. The van der Waals surface area contributed by atoms with E-state index in [-0.39, 0.29) is 5.91 Å². The van der Waals surface area contributed by atoms with Crippen molar-refractivity contribution in [3.05, 3.63) is 35.4 Å². The molecule has 0 spiro atoms. The molecule has 0 aliphatic heterocycles. The van der Waals surface area contributed by atoms with Crippen molar-refractivity contribution in [2.45, 2.75) is 36.5 Å². The highest BCUT2D eigenvalue weighted by molar-refractivity contribution is 6.39. The molecule has 0 heterocycles. The van der Waals surface area contributed by atoms with Crippen molar-refractivity contribution in [3.63, 3.8) is 0 Å². The summed E-state index contributed by atoms with van der Waals surface area (Å²) in [6.45, 7) is 0. The van der Waals surface area contributed by atoms with Crippen LogP contribution in [0.5, 0.6) is 0 Å². The third-order valence-corrected chi connectivity index (χ3v) is 4.29. The second-order valence-electron chi connectivity index (χ2n) is 5.20. The number of carbonyl (C=O) groups excluding carboxylic acids is 1. The van der Waals surface area contributed by atoms with Crippen molar-refractivity contribution in [2.75, 3.05) is 0 Å². The molecule has 1 aliphatic rings. The van der Waals surface area contributed by atoms with Gasteiger partial charge in [-0.05, 0) is 36.8 Å². The number of hydrogen-bond acceptors (Lipinski definition) is 3. The summed E-state index contributed by atoms with van der Waals surface area (Å²) in [5.74, 6) is -0.269. The predicted molar refractivity (Wildman–Crippen MR) is 81.0 cm³/mol.